The van der Waals surface area contributed by atoms with Crippen LogP contribution in [-0.2, 0) is 0 Å². The fourth-order valence-electron chi connectivity index (χ4n) is 2.89. The lowest BCUT2D eigenvalue weighted by molar-refractivity contribution is 0.395. The van der Waals surface area contributed by atoms with E-state index < -0.39 is 0 Å². The zero-order chi connectivity index (χ0) is 19.3. The van der Waals surface area contributed by atoms with Crippen molar-refractivity contribution >= 4 is 11.8 Å². The minimum absolute atomic E-state index is 0.311. The van der Waals surface area contributed by atoms with Crippen molar-refractivity contribution in [2.45, 2.75) is 0 Å². The van der Waals surface area contributed by atoms with Crippen LogP contribution < -0.4 is 19.3 Å². The average Bonchev–Trinajstić information content (AvgIpc) is 2.76. The molecule has 0 spiro atoms. The first-order chi connectivity index (χ1) is 13.7. The third kappa shape index (κ3) is 4.08. The maximum Gasteiger partial charge on any atom is 0.233 e. The third-order valence-corrected chi connectivity index (χ3v) is 4.35. The lowest BCUT2D eigenvalue weighted by Crippen LogP contribution is -2.47. The molecule has 144 valence electrons. The normalized spacial score (nSPS) is 14.1. The van der Waals surface area contributed by atoms with Crippen LogP contribution in [0.3, 0.4) is 0 Å². The Kier molecular flexibility index (Phi) is 5.14. The number of nitrogens with zero attached hydrogens (tertiary/aromatic N) is 6. The van der Waals surface area contributed by atoms with Crippen LogP contribution in [0.25, 0.3) is 0 Å². The Morgan fingerprint density at radius 1 is 0.893 bits per heavy atom. The molecule has 4 rings (SSSR count). The molecule has 2 aromatic heterocycles. The number of piperazine rings is 1. The van der Waals surface area contributed by atoms with Crippen LogP contribution in [0.2, 0.25) is 0 Å². The summed E-state index contributed by atoms with van der Waals surface area (Å²) in [5, 5.41) is 0. The zero-order valence-corrected chi connectivity index (χ0v) is 15.3. The Balaban J connectivity index is 1.41. The maximum absolute atomic E-state index is 13.0. The number of methoxy groups -OCH3 is 1. The second kappa shape index (κ2) is 8.03. The van der Waals surface area contributed by atoms with Crippen molar-refractivity contribution in [2.75, 3.05) is 43.1 Å². The van der Waals surface area contributed by atoms with Gasteiger partial charge in [0.1, 0.15) is 11.6 Å². The van der Waals surface area contributed by atoms with Crippen molar-refractivity contribution in [3.05, 3.63) is 54.7 Å². The highest BCUT2D eigenvalue weighted by molar-refractivity contribution is 5.42. The first kappa shape index (κ1) is 17.9. The third-order valence-electron chi connectivity index (χ3n) is 4.35. The Bertz CT molecular complexity index is 932. The summed E-state index contributed by atoms with van der Waals surface area (Å²) < 4.78 is 23.9. The topological polar surface area (TPSA) is 76.5 Å². The van der Waals surface area contributed by atoms with Gasteiger partial charge in [0.05, 0.1) is 19.5 Å². The summed E-state index contributed by atoms with van der Waals surface area (Å²) in [5.74, 6) is 2.50. The van der Waals surface area contributed by atoms with Gasteiger partial charge in [-0.15, -0.1) is 0 Å². The van der Waals surface area contributed by atoms with Gasteiger partial charge in [0.25, 0.3) is 0 Å². The van der Waals surface area contributed by atoms with E-state index in [-0.39, 0.29) is 5.82 Å². The highest BCUT2D eigenvalue weighted by Crippen LogP contribution is 2.22. The predicted molar refractivity (Wildman–Crippen MR) is 102 cm³/mol. The number of ether oxygens (including phenoxy) is 2. The smallest absolute Gasteiger partial charge is 0.233 e. The molecule has 0 bridgehead atoms. The van der Waals surface area contributed by atoms with Crippen LogP contribution in [-0.4, -0.2) is 53.2 Å². The van der Waals surface area contributed by atoms with Crippen molar-refractivity contribution in [2.24, 2.45) is 0 Å². The molecule has 0 amide bonds. The van der Waals surface area contributed by atoms with Gasteiger partial charge < -0.3 is 19.3 Å². The van der Waals surface area contributed by atoms with Crippen molar-refractivity contribution in [3.8, 4) is 17.5 Å². The number of halogens is 1. The molecule has 3 aromatic rings. The van der Waals surface area contributed by atoms with E-state index in [1.807, 2.05) is 0 Å². The Labute approximate surface area is 161 Å². The standard InChI is InChI=1S/C19H19FN6O2/c1-27-18-13-21-12-16(23-18)25-8-10-26(11-9-25)19-22-7-6-17(24-19)28-15-4-2-14(20)3-5-15/h2-7,12-13H,8-11H2,1H3. The number of benzene rings is 1. The molecule has 0 atom stereocenters. The summed E-state index contributed by atoms with van der Waals surface area (Å²) >= 11 is 0. The molecule has 1 fully saturated rings. The molecule has 8 nitrogen and oxygen atoms in total. The SMILES string of the molecule is COc1cncc(N2CCN(c3nccc(Oc4ccc(F)cc4)n3)CC2)n1. The Morgan fingerprint density at radius 3 is 2.39 bits per heavy atom. The van der Waals surface area contributed by atoms with E-state index >= 15 is 0 Å². The minimum atomic E-state index is -0.311. The fourth-order valence-corrected chi connectivity index (χ4v) is 2.89. The van der Waals surface area contributed by atoms with Crippen LogP contribution in [0, 0.1) is 5.82 Å². The van der Waals surface area contributed by atoms with Crippen molar-refractivity contribution in [1.29, 1.82) is 0 Å². The number of hydrogen-bond donors (Lipinski definition) is 0. The number of rotatable bonds is 5. The molecule has 9 heteroatoms. The van der Waals surface area contributed by atoms with E-state index in [9.17, 15) is 4.39 Å². The van der Waals surface area contributed by atoms with Crippen molar-refractivity contribution in [1.82, 2.24) is 19.9 Å². The number of hydrogen-bond acceptors (Lipinski definition) is 8. The van der Waals surface area contributed by atoms with E-state index in [4.69, 9.17) is 9.47 Å². The molecule has 28 heavy (non-hydrogen) atoms. The van der Waals surface area contributed by atoms with Crippen LogP contribution in [0.15, 0.2) is 48.9 Å². The summed E-state index contributed by atoms with van der Waals surface area (Å²) in [6, 6.07) is 7.49. The molecule has 1 aromatic carbocycles. The van der Waals surface area contributed by atoms with Crippen molar-refractivity contribution in [3.63, 3.8) is 0 Å². The van der Waals surface area contributed by atoms with Crippen LogP contribution in [0.1, 0.15) is 0 Å². The van der Waals surface area contributed by atoms with Gasteiger partial charge in [0, 0.05) is 38.4 Å². The van der Waals surface area contributed by atoms with Crippen molar-refractivity contribution < 1.29 is 13.9 Å². The van der Waals surface area contributed by atoms with Gasteiger partial charge >= 0.3 is 0 Å². The van der Waals surface area contributed by atoms with Gasteiger partial charge in [-0.1, -0.05) is 0 Å². The van der Waals surface area contributed by atoms with E-state index in [0.29, 0.717) is 23.5 Å². The highest BCUT2D eigenvalue weighted by atomic mass is 19.1. The largest absolute Gasteiger partial charge is 0.480 e. The second-order valence-corrected chi connectivity index (χ2v) is 6.14. The van der Waals surface area contributed by atoms with Gasteiger partial charge in [-0.25, -0.2) is 9.37 Å². The zero-order valence-electron chi connectivity index (χ0n) is 15.3. The lowest BCUT2D eigenvalue weighted by atomic mass is 10.3. The molecule has 0 unspecified atom stereocenters. The summed E-state index contributed by atoms with van der Waals surface area (Å²) in [6.45, 7) is 2.99. The molecular weight excluding hydrogens is 363 g/mol. The molecular formula is C19H19FN6O2. The Morgan fingerprint density at radius 2 is 1.64 bits per heavy atom. The molecule has 0 N–H and O–H groups in total. The second-order valence-electron chi connectivity index (χ2n) is 6.14. The molecule has 0 saturated carbocycles. The monoisotopic (exact) mass is 382 g/mol. The average molecular weight is 382 g/mol. The maximum atomic E-state index is 13.0. The number of aromatic nitrogens is 4. The van der Waals surface area contributed by atoms with E-state index in [0.717, 1.165) is 32.0 Å². The summed E-state index contributed by atoms with van der Waals surface area (Å²) in [6.07, 6.45) is 4.97. The van der Waals surface area contributed by atoms with E-state index in [2.05, 4.69) is 29.7 Å². The van der Waals surface area contributed by atoms with Gasteiger partial charge in [-0.3, -0.25) is 4.98 Å². The van der Waals surface area contributed by atoms with Gasteiger partial charge in [-0.2, -0.15) is 9.97 Å². The summed E-state index contributed by atoms with van der Waals surface area (Å²) in [4.78, 5) is 21.6. The molecule has 0 radical (unpaired) electrons. The van der Waals surface area contributed by atoms with E-state index in [1.165, 1.54) is 12.1 Å². The predicted octanol–water partition coefficient (Wildman–Crippen LogP) is 2.53. The molecule has 3 heterocycles. The fraction of sp³-hybridized carbons (Fsp3) is 0.263. The number of anilines is 2. The molecule has 0 aliphatic carbocycles. The van der Waals surface area contributed by atoms with E-state index in [1.54, 1.807) is 43.9 Å². The first-order valence-electron chi connectivity index (χ1n) is 8.84. The minimum Gasteiger partial charge on any atom is -0.480 e. The lowest BCUT2D eigenvalue weighted by Gasteiger charge is -2.35. The van der Waals surface area contributed by atoms with Gasteiger partial charge in [0.15, 0.2) is 5.82 Å². The molecule has 1 aliphatic rings. The van der Waals surface area contributed by atoms with Gasteiger partial charge in [0.2, 0.25) is 17.7 Å². The summed E-state index contributed by atoms with van der Waals surface area (Å²) in [7, 11) is 1.57. The highest BCUT2D eigenvalue weighted by Gasteiger charge is 2.21. The van der Waals surface area contributed by atoms with Crippen LogP contribution in [0.5, 0.6) is 17.5 Å². The summed E-state index contributed by atoms with van der Waals surface area (Å²) in [5.41, 5.74) is 0. The van der Waals surface area contributed by atoms with Gasteiger partial charge in [-0.05, 0) is 24.3 Å². The van der Waals surface area contributed by atoms with Crippen LogP contribution >= 0.6 is 0 Å². The first-order valence-corrected chi connectivity index (χ1v) is 8.84. The molecule has 1 saturated heterocycles. The Hall–Kier alpha value is -3.49. The quantitative estimate of drug-likeness (QED) is 0.666. The van der Waals surface area contributed by atoms with Crippen LogP contribution in [0.4, 0.5) is 16.2 Å². The molecule has 1 aliphatic heterocycles.